The average molecular weight is 414 g/mol. The maximum absolute atomic E-state index is 13.5. The number of phenols is 1. The highest BCUT2D eigenvalue weighted by Gasteiger charge is 2.44. The number of aromatic hydroxyl groups is 1. The van der Waals surface area contributed by atoms with E-state index in [1.807, 2.05) is 13.0 Å². The molecule has 1 aliphatic heterocycles. The Morgan fingerprint density at radius 3 is 2.65 bits per heavy atom. The molecule has 1 aliphatic rings. The summed E-state index contributed by atoms with van der Waals surface area (Å²) in [6.07, 6.45) is 0. The highest BCUT2D eigenvalue weighted by molar-refractivity contribution is 6.10. The van der Waals surface area contributed by atoms with E-state index in [0.29, 0.717) is 22.4 Å². The number of pyridine rings is 1. The maximum Gasteiger partial charge on any atom is 0.296 e. The molecule has 1 atom stereocenters. The third-order valence-corrected chi connectivity index (χ3v) is 5.42. The van der Waals surface area contributed by atoms with Crippen molar-refractivity contribution in [2.24, 2.45) is 0 Å². The summed E-state index contributed by atoms with van der Waals surface area (Å²) in [5.41, 5.74) is 1.62. The minimum Gasteiger partial charge on any atom is -0.504 e. The van der Waals surface area contributed by atoms with E-state index in [4.69, 9.17) is 9.15 Å². The fourth-order valence-corrected chi connectivity index (χ4v) is 4.00. The second kappa shape index (κ2) is 6.98. The van der Waals surface area contributed by atoms with Gasteiger partial charge in [-0.15, -0.1) is 0 Å². The average Bonchev–Trinajstić information content (AvgIpc) is 3.07. The van der Waals surface area contributed by atoms with Crippen molar-refractivity contribution in [1.29, 1.82) is 0 Å². The molecule has 0 unspecified atom stereocenters. The van der Waals surface area contributed by atoms with Crippen LogP contribution in [0.1, 0.15) is 33.4 Å². The summed E-state index contributed by atoms with van der Waals surface area (Å²) < 4.78 is 11.2. The summed E-state index contributed by atoms with van der Waals surface area (Å²) >= 11 is 0. The van der Waals surface area contributed by atoms with Crippen molar-refractivity contribution in [2.75, 3.05) is 12.0 Å². The summed E-state index contributed by atoms with van der Waals surface area (Å²) in [7, 11) is 1.44. The molecule has 7 heteroatoms. The monoisotopic (exact) mass is 414 g/mol. The van der Waals surface area contributed by atoms with Gasteiger partial charge in [-0.1, -0.05) is 24.3 Å². The molecule has 0 spiro atoms. The van der Waals surface area contributed by atoms with Crippen LogP contribution in [0.5, 0.6) is 11.5 Å². The normalized spacial score (nSPS) is 15.4. The number of benzene rings is 2. The number of anilines is 1. The Kier molecular flexibility index (Phi) is 4.25. The Balaban J connectivity index is 1.83. The van der Waals surface area contributed by atoms with Gasteiger partial charge in [-0.05, 0) is 48.9 Å². The van der Waals surface area contributed by atoms with Crippen molar-refractivity contribution in [3.63, 3.8) is 0 Å². The Bertz CT molecular complexity index is 1410. The summed E-state index contributed by atoms with van der Waals surface area (Å²) in [5, 5.41) is 10.4. The van der Waals surface area contributed by atoms with Gasteiger partial charge in [0.05, 0.1) is 24.1 Å². The van der Waals surface area contributed by atoms with Crippen LogP contribution in [0.15, 0.2) is 69.9 Å². The van der Waals surface area contributed by atoms with Crippen LogP contribution in [0.25, 0.3) is 11.0 Å². The fourth-order valence-electron chi connectivity index (χ4n) is 4.00. The number of phenolic OH excluding ortho intramolecular Hbond substituents is 1. The van der Waals surface area contributed by atoms with E-state index in [0.717, 1.165) is 5.69 Å². The number of amides is 1. The quantitative estimate of drug-likeness (QED) is 0.546. The summed E-state index contributed by atoms with van der Waals surface area (Å²) in [5.74, 6) is 0.135. The number of methoxy groups -OCH3 is 1. The van der Waals surface area contributed by atoms with Gasteiger partial charge in [0.25, 0.3) is 5.91 Å². The Hall–Kier alpha value is -4.13. The Morgan fingerprint density at radius 2 is 1.87 bits per heavy atom. The number of hydrogen-bond donors (Lipinski definition) is 1. The number of carbonyl (C=O) groups excluding carboxylic acids is 1. The zero-order valence-corrected chi connectivity index (χ0v) is 16.8. The van der Waals surface area contributed by atoms with Crippen molar-refractivity contribution in [3.8, 4) is 11.5 Å². The van der Waals surface area contributed by atoms with Crippen LogP contribution in [0.4, 0.5) is 5.82 Å². The lowest BCUT2D eigenvalue weighted by Gasteiger charge is -2.24. The van der Waals surface area contributed by atoms with E-state index in [2.05, 4.69) is 4.98 Å². The van der Waals surface area contributed by atoms with Crippen molar-refractivity contribution in [2.45, 2.75) is 13.0 Å². The van der Waals surface area contributed by atoms with Gasteiger partial charge in [0.1, 0.15) is 11.4 Å². The molecule has 154 valence electrons. The number of aromatic nitrogens is 1. The first-order valence-electron chi connectivity index (χ1n) is 9.69. The number of fused-ring (bicyclic) bond motifs is 2. The number of nitrogens with zero attached hydrogens (tertiary/aromatic N) is 2. The van der Waals surface area contributed by atoms with Gasteiger partial charge >= 0.3 is 0 Å². The minimum atomic E-state index is -0.785. The molecule has 0 radical (unpaired) electrons. The van der Waals surface area contributed by atoms with Gasteiger partial charge in [0.15, 0.2) is 16.9 Å². The van der Waals surface area contributed by atoms with Crippen molar-refractivity contribution < 1.29 is 19.1 Å². The van der Waals surface area contributed by atoms with Crippen LogP contribution in [0.2, 0.25) is 0 Å². The van der Waals surface area contributed by atoms with E-state index in [1.165, 1.54) is 18.1 Å². The standard InChI is InChI=1S/C24H18N2O5/c1-13-6-5-9-19(25-13)26-21(14-10-11-16(27)18(12-14)30-2)20-22(28)15-7-3-4-8-17(15)31-23(20)24(26)29/h3-12,21,27H,1-2H3/t21-/m0/s1. The maximum atomic E-state index is 13.5. The lowest BCUT2D eigenvalue weighted by molar-refractivity contribution is 0.0970. The largest absolute Gasteiger partial charge is 0.504 e. The van der Waals surface area contributed by atoms with Crippen LogP contribution in [-0.2, 0) is 0 Å². The molecule has 3 heterocycles. The Labute approximate surface area is 177 Å². The predicted octanol–water partition coefficient (Wildman–Crippen LogP) is 3.96. The zero-order chi connectivity index (χ0) is 21.7. The first-order valence-corrected chi connectivity index (χ1v) is 9.69. The SMILES string of the molecule is COc1cc([C@H]2c3c(oc4ccccc4c3=O)C(=O)N2c2cccc(C)n2)ccc1O. The van der Waals surface area contributed by atoms with E-state index in [-0.39, 0.29) is 28.3 Å². The molecule has 0 saturated carbocycles. The van der Waals surface area contributed by atoms with Gasteiger partial charge in [0.2, 0.25) is 5.76 Å². The third kappa shape index (κ3) is 2.85. The van der Waals surface area contributed by atoms with Gasteiger partial charge < -0.3 is 14.3 Å². The van der Waals surface area contributed by atoms with Gasteiger partial charge in [-0.25, -0.2) is 4.98 Å². The van der Waals surface area contributed by atoms with Crippen LogP contribution >= 0.6 is 0 Å². The number of rotatable bonds is 3. The van der Waals surface area contributed by atoms with Gasteiger partial charge in [-0.3, -0.25) is 14.5 Å². The molecular weight excluding hydrogens is 396 g/mol. The molecule has 4 aromatic rings. The molecule has 7 nitrogen and oxygen atoms in total. The van der Waals surface area contributed by atoms with Gasteiger partial charge in [-0.2, -0.15) is 0 Å². The third-order valence-electron chi connectivity index (χ3n) is 5.42. The summed E-state index contributed by atoms with van der Waals surface area (Å²) in [6.45, 7) is 1.83. The van der Waals surface area contributed by atoms with Gasteiger partial charge in [0, 0.05) is 5.69 Å². The first kappa shape index (κ1) is 18.9. The summed E-state index contributed by atoms with van der Waals surface area (Å²) in [6, 6.07) is 16.1. The predicted molar refractivity (Wildman–Crippen MR) is 115 cm³/mol. The molecule has 0 bridgehead atoms. The highest BCUT2D eigenvalue weighted by Crippen LogP contribution is 2.42. The molecule has 0 saturated heterocycles. The second-order valence-electron chi connectivity index (χ2n) is 7.32. The zero-order valence-electron chi connectivity index (χ0n) is 16.8. The van der Waals surface area contributed by atoms with E-state index >= 15 is 0 Å². The van der Waals surface area contributed by atoms with Crippen LogP contribution in [0, 0.1) is 6.92 Å². The number of hydrogen-bond acceptors (Lipinski definition) is 6. The molecule has 1 amide bonds. The van der Waals surface area contributed by atoms with Crippen molar-refractivity contribution in [3.05, 3.63) is 93.5 Å². The van der Waals surface area contributed by atoms with E-state index in [1.54, 1.807) is 48.5 Å². The number of para-hydroxylation sites is 1. The molecule has 5 rings (SSSR count). The minimum absolute atomic E-state index is 0.0101. The number of aryl methyl sites for hydroxylation is 1. The molecule has 2 aromatic carbocycles. The second-order valence-corrected chi connectivity index (χ2v) is 7.32. The number of ether oxygens (including phenoxy) is 1. The molecule has 0 fully saturated rings. The summed E-state index contributed by atoms with van der Waals surface area (Å²) in [4.78, 5) is 32.9. The van der Waals surface area contributed by atoms with Crippen molar-refractivity contribution >= 4 is 22.7 Å². The molecular formula is C24H18N2O5. The highest BCUT2D eigenvalue weighted by atomic mass is 16.5. The van der Waals surface area contributed by atoms with Crippen LogP contribution < -0.4 is 15.1 Å². The Morgan fingerprint density at radius 1 is 1.06 bits per heavy atom. The van der Waals surface area contributed by atoms with Crippen LogP contribution in [0.3, 0.4) is 0 Å². The van der Waals surface area contributed by atoms with E-state index in [9.17, 15) is 14.7 Å². The molecule has 1 N–H and O–H groups in total. The topological polar surface area (TPSA) is 92.9 Å². The van der Waals surface area contributed by atoms with Crippen molar-refractivity contribution in [1.82, 2.24) is 4.98 Å². The smallest absolute Gasteiger partial charge is 0.296 e. The molecule has 0 aliphatic carbocycles. The lowest BCUT2D eigenvalue weighted by Crippen LogP contribution is -2.30. The first-order chi connectivity index (χ1) is 15.0. The van der Waals surface area contributed by atoms with E-state index < -0.39 is 11.9 Å². The molecule has 2 aromatic heterocycles. The fraction of sp³-hybridized carbons (Fsp3) is 0.125. The van der Waals surface area contributed by atoms with Crippen LogP contribution in [-0.4, -0.2) is 23.1 Å². The number of carbonyl (C=O) groups is 1. The molecule has 31 heavy (non-hydrogen) atoms. The lowest BCUT2D eigenvalue weighted by atomic mass is 9.98.